The van der Waals surface area contributed by atoms with Crippen LogP contribution in [0.4, 0.5) is 33.3 Å². The number of hydrogen-bond donors (Lipinski definition) is 2. The number of likely N-dealkylation sites (N-methyl/N-ethyl adjacent to an activating group) is 1. The molecule has 2 amide bonds. The molecule has 3 heterocycles. The molecule has 0 radical (unpaired) electrons. The topological polar surface area (TPSA) is 118 Å². The summed E-state index contributed by atoms with van der Waals surface area (Å²) in [7, 11) is -1.29. The minimum atomic E-state index is -5.33. The fraction of sp³-hybridized carbons (Fsp3) is 0.306. The van der Waals surface area contributed by atoms with Gasteiger partial charge in [0.15, 0.2) is 0 Å². The summed E-state index contributed by atoms with van der Waals surface area (Å²) in [6, 6.07) is 33.9. The van der Waals surface area contributed by atoms with Gasteiger partial charge in [-0.3, -0.25) is 19.5 Å². The summed E-state index contributed by atoms with van der Waals surface area (Å²) in [4.78, 5) is 32.5. The highest BCUT2D eigenvalue weighted by Crippen LogP contribution is 2.47. The second-order valence-corrected chi connectivity index (χ2v) is 18.8. The van der Waals surface area contributed by atoms with Gasteiger partial charge in [0.2, 0.25) is 10.0 Å². The molecular formula is C49H50F5N7O5S. The van der Waals surface area contributed by atoms with Gasteiger partial charge in [0, 0.05) is 75.8 Å². The Bertz CT molecular complexity index is 2620. The normalized spacial score (nSPS) is 17.9. The lowest BCUT2D eigenvalue weighted by molar-refractivity contribution is -0.171. The minimum Gasteiger partial charge on any atom is -0.383 e. The van der Waals surface area contributed by atoms with Crippen LogP contribution in [-0.4, -0.2) is 113 Å². The Hall–Kier alpha value is -6.18. The van der Waals surface area contributed by atoms with Gasteiger partial charge in [-0.15, -0.1) is 0 Å². The van der Waals surface area contributed by atoms with Gasteiger partial charge in [0.05, 0.1) is 28.8 Å². The summed E-state index contributed by atoms with van der Waals surface area (Å²) in [6.45, 7) is 3.01. The predicted octanol–water partition coefficient (Wildman–Crippen LogP) is 6.86. The molecular weight excluding hydrogens is 894 g/mol. The second kappa shape index (κ2) is 19.2. The number of nitrogens with zero attached hydrogens (tertiary/aromatic N) is 5. The quantitative estimate of drug-likeness (QED) is 0.0965. The lowest BCUT2D eigenvalue weighted by atomic mass is 9.76. The van der Waals surface area contributed by atoms with Crippen molar-refractivity contribution < 1.29 is 44.7 Å². The highest BCUT2D eigenvalue weighted by molar-refractivity contribution is 7.89. The number of ether oxygens (including phenoxy) is 1. The van der Waals surface area contributed by atoms with Crippen LogP contribution in [0, 0.1) is 11.6 Å². The van der Waals surface area contributed by atoms with Crippen molar-refractivity contribution in [2.24, 2.45) is 0 Å². The number of benzene rings is 5. The maximum absolute atomic E-state index is 15.0. The first-order valence-corrected chi connectivity index (χ1v) is 23.2. The molecule has 2 N–H and O–H groups in total. The number of amides is 2. The van der Waals surface area contributed by atoms with Gasteiger partial charge >= 0.3 is 12.1 Å². The summed E-state index contributed by atoms with van der Waals surface area (Å²) in [5.74, 6) is -5.25. The highest BCUT2D eigenvalue weighted by Gasteiger charge is 2.51. The third-order valence-corrected chi connectivity index (χ3v) is 14.3. The second-order valence-electron chi connectivity index (χ2n) is 16.8. The Balaban J connectivity index is 1.28. The fourth-order valence-electron chi connectivity index (χ4n) is 9.31. The van der Waals surface area contributed by atoms with E-state index >= 15 is 4.79 Å². The van der Waals surface area contributed by atoms with Crippen LogP contribution in [-0.2, 0) is 25.1 Å². The van der Waals surface area contributed by atoms with E-state index in [1.54, 1.807) is 6.07 Å². The van der Waals surface area contributed by atoms with Crippen LogP contribution >= 0.6 is 0 Å². The molecule has 1 unspecified atom stereocenters. The highest BCUT2D eigenvalue weighted by atomic mass is 32.2. The van der Waals surface area contributed by atoms with E-state index in [0.29, 0.717) is 54.1 Å². The molecule has 1 saturated heterocycles. The lowest BCUT2D eigenvalue weighted by Crippen LogP contribution is -2.56. The monoisotopic (exact) mass is 943 g/mol. The minimum absolute atomic E-state index is 0.0490. The predicted molar refractivity (Wildman–Crippen MR) is 243 cm³/mol. The van der Waals surface area contributed by atoms with E-state index in [4.69, 9.17) is 4.74 Å². The van der Waals surface area contributed by atoms with Crippen LogP contribution in [0.25, 0.3) is 0 Å². The number of alkyl halides is 3. The fourth-order valence-corrected chi connectivity index (χ4v) is 10.8. The summed E-state index contributed by atoms with van der Waals surface area (Å²) in [5.41, 5.74) is 5.55. The molecule has 0 spiro atoms. The zero-order valence-corrected chi connectivity index (χ0v) is 37.8. The first-order valence-electron chi connectivity index (χ1n) is 21.7. The number of methoxy groups -OCH3 is 1. The Morgan fingerprint density at radius 1 is 0.806 bits per heavy atom. The van der Waals surface area contributed by atoms with Crippen LogP contribution in [0.5, 0.6) is 0 Å². The maximum Gasteiger partial charge on any atom is 0.471 e. The number of anilines is 2. The molecule has 0 bridgehead atoms. The number of nitrogens with one attached hydrogen (secondary N) is 2. The Morgan fingerprint density at radius 3 is 1.88 bits per heavy atom. The molecule has 1 fully saturated rings. The number of piperazine rings is 1. The summed E-state index contributed by atoms with van der Waals surface area (Å²) >= 11 is 0. The molecule has 352 valence electrons. The van der Waals surface area contributed by atoms with E-state index in [-0.39, 0.29) is 37.4 Å². The number of carbonyl (C=O) groups excluding carboxylic acids is 2. The van der Waals surface area contributed by atoms with Crippen LogP contribution in [0.3, 0.4) is 0 Å². The molecule has 67 heavy (non-hydrogen) atoms. The van der Waals surface area contributed by atoms with Crippen molar-refractivity contribution in [2.45, 2.75) is 42.2 Å². The molecule has 12 nitrogen and oxygen atoms in total. The van der Waals surface area contributed by atoms with Crippen molar-refractivity contribution in [3.8, 4) is 0 Å². The molecule has 5 aromatic rings. The number of hydrazine groups is 1. The number of carbonyl (C=O) groups is 2. The first-order chi connectivity index (χ1) is 32.0. The standard InChI is InChI=1S/C49H50F5N7O5S/c1-33(32-66-3)60(47(63)49(52,53)54)44-30-39(58-25-23-57(2)24-26-58)19-20-41(44)46(62)55-45-42-31-59(67(64,65)40-28-37(50)27-38(51)29-40)22-21-43(42)61(56-45)48(34-13-7-4-8-14-34,35-15-9-5-10-16-35)36-17-11-6-12-18-36/h4-20,27-30,33,45,56H,21-26,31-32H2,1-3H3,(H,55,62)/t33-,45?/m1/s1. The Kier molecular flexibility index (Phi) is 13.6. The molecule has 0 aliphatic carbocycles. The summed E-state index contributed by atoms with van der Waals surface area (Å²) < 4.78 is 107. The molecule has 8 rings (SSSR count). The molecule has 0 saturated carbocycles. The van der Waals surface area contributed by atoms with Gasteiger partial charge in [-0.1, -0.05) is 91.0 Å². The maximum atomic E-state index is 15.0. The van der Waals surface area contributed by atoms with Gasteiger partial charge in [-0.05, 0) is 61.0 Å². The smallest absolute Gasteiger partial charge is 0.383 e. The van der Waals surface area contributed by atoms with Crippen molar-refractivity contribution in [1.82, 2.24) is 25.0 Å². The van der Waals surface area contributed by atoms with E-state index in [0.717, 1.165) is 33.1 Å². The van der Waals surface area contributed by atoms with Crippen molar-refractivity contribution in [3.05, 3.63) is 173 Å². The third kappa shape index (κ3) is 9.28. The van der Waals surface area contributed by atoms with Gasteiger partial charge in [0.25, 0.3) is 5.91 Å². The van der Waals surface area contributed by atoms with Crippen molar-refractivity contribution in [3.63, 3.8) is 0 Å². The molecule has 18 heteroatoms. The van der Waals surface area contributed by atoms with Gasteiger partial charge in [0.1, 0.15) is 23.3 Å². The van der Waals surface area contributed by atoms with Crippen LogP contribution in [0.1, 0.15) is 40.4 Å². The Morgan fingerprint density at radius 2 is 1.36 bits per heavy atom. The molecule has 5 aromatic carbocycles. The van der Waals surface area contributed by atoms with Crippen LogP contribution in [0.2, 0.25) is 0 Å². The molecule has 3 aliphatic heterocycles. The largest absolute Gasteiger partial charge is 0.471 e. The molecule has 3 aliphatic rings. The van der Waals surface area contributed by atoms with E-state index in [9.17, 15) is 35.2 Å². The average molecular weight is 944 g/mol. The summed E-state index contributed by atoms with van der Waals surface area (Å²) in [6.07, 6.45) is -6.51. The average Bonchev–Trinajstić information content (AvgIpc) is 3.67. The van der Waals surface area contributed by atoms with E-state index in [1.807, 2.05) is 108 Å². The van der Waals surface area contributed by atoms with Crippen molar-refractivity contribution in [2.75, 3.05) is 69.8 Å². The van der Waals surface area contributed by atoms with Crippen LogP contribution in [0.15, 0.2) is 144 Å². The molecule has 2 atom stereocenters. The van der Waals surface area contributed by atoms with Crippen LogP contribution < -0.4 is 20.5 Å². The molecule has 0 aromatic heterocycles. The van der Waals surface area contributed by atoms with Crippen molar-refractivity contribution in [1.29, 1.82) is 0 Å². The zero-order valence-electron chi connectivity index (χ0n) is 37.0. The number of halogens is 5. The zero-order chi connectivity index (χ0) is 47.7. The van der Waals surface area contributed by atoms with Gasteiger partial charge in [-0.2, -0.15) is 17.5 Å². The first kappa shape index (κ1) is 47.3. The third-order valence-electron chi connectivity index (χ3n) is 12.5. The van der Waals surface area contributed by atoms with Gasteiger partial charge in [-0.25, -0.2) is 22.6 Å². The number of sulfonamides is 1. The Labute approximate surface area is 386 Å². The number of rotatable bonds is 13. The van der Waals surface area contributed by atoms with Gasteiger partial charge < -0.3 is 19.9 Å². The van der Waals surface area contributed by atoms with E-state index in [1.165, 1.54) is 26.2 Å². The van der Waals surface area contributed by atoms with E-state index in [2.05, 4.69) is 15.6 Å². The SMILES string of the molecule is COC[C@@H](C)N(C(=O)C(F)(F)F)c1cc(N2CCN(C)CC2)ccc1C(=O)NC1NN(C(c2ccccc2)(c2ccccc2)c2ccccc2)C2=C1CN(S(=O)(=O)c1cc(F)cc(F)c1)CC2. The summed E-state index contributed by atoms with van der Waals surface area (Å²) in [5, 5.41) is 4.87. The van der Waals surface area contributed by atoms with Crippen molar-refractivity contribution >= 4 is 33.2 Å². The number of hydrogen-bond acceptors (Lipinski definition) is 9. The lowest BCUT2D eigenvalue weighted by Gasteiger charge is -2.46. The van der Waals surface area contributed by atoms with E-state index < -0.39 is 62.3 Å².